The van der Waals surface area contributed by atoms with Crippen molar-refractivity contribution >= 4 is 16.9 Å². The van der Waals surface area contributed by atoms with Crippen LogP contribution in [0, 0.1) is 5.41 Å². The number of imidazole rings is 1. The third kappa shape index (κ3) is 3.42. The van der Waals surface area contributed by atoms with Gasteiger partial charge in [0.2, 0.25) is 6.33 Å². The molecule has 1 heterocycles. The topological polar surface area (TPSA) is 58.1 Å². The zero-order valence-electron chi connectivity index (χ0n) is 13.1. The van der Waals surface area contributed by atoms with Gasteiger partial charge in [-0.25, -0.2) is 9.13 Å². The van der Waals surface area contributed by atoms with Gasteiger partial charge in [-0.15, -0.1) is 0 Å². The zero-order chi connectivity index (χ0) is 15.6. The Morgan fingerprint density at radius 2 is 2.05 bits per heavy atom. The second-order valence-corrected chi connectivity index (χ2v) is 6.51. The summed E-state index contributed by atoms with van der Waals surface area (Å²) in [5.74, 6) is -0.0923. The van der Waals surface area contributed by atoms with Crippen LogP contribution in [-0.2, 0) is 18.4 Å². The largest absolute Gasteiger partial charge is 0.394 e. The highest BCUT2D eigenvalue weighted by atomic mass is 16.3. The van der Waals surface area contributed by atoms with Gasteiger partial charge in [-0.1, -0.05) is 32.9 Å². The number of benzene rings is 1. The molecule has 2 rings (SSSR count). The van der Waals surface area contributed by atoms with Crippen molar-refractivity contribution in [3.05, 3.63) is 30.6 Å². The first kappa shape index (κ1) is 15.5. The van der Waals surface area contributed by atoms with E-state index < -0.39 is 0 Å². The van der Waals surface area contributed by atoms with E-state index in [0.717, 1.165) is 11.0 Å². The maximum atomic E-state index is 12.2. The Kier molecular flexibility index (Phi) is 4.32. The van der Waals surface area contributed by atoms with Gasteiger partial charge in [0.05, 0.1) is 19.7 Å². The molecule has 2 aromatic rings. The number of rotatable bonds is 4. The maximum Gasteiger partial charge on any atom is 0.262 e. The predicted octanol–water partition coefficient (Wildman–Crippen LogP) is 0.989. The van der Waals surface area contributed by atoms with Crippen LogP contribution in [0.3, 0.4) is 0 Å². The van der Waals surface area contributed by atoms with Gasteiger partial charge < -0.3 is 10.4 Å². The molecular formula is C16H24N3O2+. The smallest absolute Gasteiger partial charge is 0.262 e. The molecule has 0 radical (unpaired) electrons. The van der Waals surface area contributed by atoms with E-state index in [0.29, 0.717) is 0 Å². The number of nitrogens with one attached hydrogen (secondary N) is 1. The van der Waals surface area contributed by atoms with E-state index in [2.05, 4.69) is 5.32 Å². The lowest BCUT2D eigenvalue weighted by atomic mass is 9.87. The maximum absolute atomic E-state index is 12.2. The molecule has 1 aromatic carbocycles. The number of aromatic nitrogens is 2. The first-order valence-electron chi connectivity index (χ1n) is 7.16. The zero-order valence-corrected chi connectivity index (χ0v) is 13.1. The lowest BCUT2D eigenvalue weighted by Crippen LogP contribution is -2.47. The highest BCUT2D eigenvalue weighted by molar-refractivity contribution is 5.79. The lowest BCUT2D eigenvalue weighted by Gasteiger charge is -2.29. The van der Waals surface area contributed by atoms with Crippen LogP contribution < -0.4 is 9.88 Å². The van der Waals surface area contributed by atoms with Gasteiger partial charge in [-0.3, -0.25) is 4.79 Å². The summed E-state index contributed by atoms with van der Waals surface area (Å²) in [4.78, 5) is 12.2. The molecule has 2 N–H and O–H groups in total. The number of hydrogen-bond acceptors (Lipinski definition) is 2. The van der Waals surface area contributed by atoms with Crippen molar-refractivity contribution in [2.75, 3.05) is 6.61 Å². The molecule has 0 bridgehead atoms. The number of fused-ring (bicyclic) bond motifs is 1. The van der Waals surface area contributed by atoms with Crippen LogP contribution in [0.4, 0.5) is 0 Å². The summed E-state index contributed by atoms with van der Waals surface area (Å²) in [6.07, 6.45) is 1.91. The highest BCUT2D eigenvalue weighted by Crippen LogP contribution is 2.18. The van der Waals surface area contributed by atoms with Gasteiger partial charge in [0.1, 0.15) is 0 Å². The molecule has 0 spiro atoms. The fourth-order valence-corrected chi connectivity index (χ4v) is 2.40. The highest BCUT2D eigenvalue weighted by Gasteiger charge is 2.26. The number of carbonyl (C=O) groups excluding carboxylic acids is 1. The van der Waals surface area contributed by atoms with E-state index in [1.165, 1.54) is 0 Å². The van der Waals surface area contributed by atoms with Gasteiger partial charge in [-0.2, -0.15) is 0 Å². The van der Waals surface area contributed by atoms with E-state index in [1.807, 2.05) is 67.5 Å². The van der Waals surface area contributed by atoms with Crippen molar-refractivity contribution in [2.24, 2.45) is 12.5 Å². The van der Waals surface area contributed by atoms with Crippen LogP contribution in [0.1, 0.15) is 20.8 Å². The number of amides is 1. The molecular weight excluding hydrogens is 266 g/mol. The molecule has 1 aromatic heterocycles. The number of aryl methyl sites for hydroxylation is 1. The number of carbonyl (C=O) groups is 1. The first-order valence-corrected chi connectivity index (χ1v) is 7.16. The Balaban J connectivity index is 2.15. The third-order valence-corrected chi connectivity index (χ3v) is 3.76. The van der Waals surface area contributed by atoms with Crippen molar-refractivity contribution in [2.45, 2.75) is 33.4 Å². The number of hydrogen-bond donors (Lipinski definition) is 2. The summed E-state index contributed by atoms with van der Waals surface area (Å²) in [5, 5.41) is 12.3. The monoisotopic (exact) mass is 290 g/mol. The minimum Gasteiger partial charge on any atom is -0.394 e. The molecule has 0 unspecified atom stereocenters. The average Bonchev–Trinajstić information content (AvgIpc) is 2.72. The molecule has 1 atom stereocenters. The lowest BCUT2D eigenvalue weighted by molar-refractivity contribution is -0.645. The Labute approximate surface area is 125 Å². The number of nitrogens with zero attached hydrogens (tertiary/aromatic N) is 2. The summed E-state index contributed by atoms with van der Waals surface area (Å²) in [5.41, 5.74) is 1.93. The molecule has 0 aliphatic rings. The second kappa shape index (κ2) is 5.85. The molecule has 0 fully saturated rings. The van der Waals surface area contributed by atoms with E-state index in [4.69, 9.17) is 0 Å². The van der Waals surface area contributed by atoms with E-state index >= 15 is 0 Å². The molecule has 0 aliphatic carbocycles. The van der Waals surface area contributed by atoms with Gasteiger partial charge in [0, 0.05) is 0 Å². The van der Waals surface area contributed by atoms with Crippen molar-refractivity contribution in [3.8, 4) is 0 Å². The average molecular weight is 290 g/mol. The van der Waals surface area contributed by atoms with Crippen LogP contribution in [0.25, 0.3) is 11.0 Å². The molecule has 0 aliphatic heterocycles. The van der Waals surface area contributed by atoms with Crippen LogP contribution in [-0.4, -0.2) is 28.2 Å². The first-order chi connectivity index (χ1) is 9.82. The second-order valence-electron chi connectivity index (χ2n) is 6.51. The SMILES string of the molecule is C[n+]1cn(CC(=O)N[C@@H](CO)C(C)(C)C)c2ccccc21. The van der Waals surface area contributed by atoms with Gasteiger partial charge >= 0.3 is 0 Å². The molecule has 114 valence electrons. The number of aliphatic hydroxyl groups excluding tert-OH is 1. The summed E-state index contributed by atoms with van der Waals surface area (Å²) >= 11 is 0. The van der Waals surface area contributed by atoms with Crippen LogP contribution in [0.15, 0.2) is 30.6 Å². The molecule has 21 heavy (non-hydrogen) atoms. The number of para-hydroxylation sites is 2. The summed E-state index contributed by atoms with van der Waals surface area (Å²) in [6, 6.07) is 7.71. The van der Waals surface area contributed by atoms with Crippen molar-refractivity contribution in [3.63, 3.8) is 0 Å². The standard InChI is InChI=1S/C16H23N3O2/c1-16(2,3)14(10-20)17-15(21)9-19-11-18(4)12-7-5-6-8-13(12)19/h5-8,11,14,20H,9-10H2,1-4H3/p+1/t14-/m0/s1. The van der Waals surface area contributed by atoms with Crippen LogP contribution >= 0.6 is 0 Å². The van der Waals surface area contributed by atoms with Gasteiger partial charge in [0.25, 0.3) is 5.91 Å². The Hall–Kier alpha value is -1.88. The van der Waals surface area contributed by atoms with Crippen molar-refractivity contribution in [1.29, 1.82) is 0 Å². The van der Waals surface area contributed by atoms with Crippen molar-refractivity contribution in [1.82, 2.24) is 9.88 Å². The fraction of sp³-hybridized carbons (Fsp3) is 0.500. The Morgan fingerprint density at radius 3 is 2.67 bits per heavy atom. The van der Waals surface area contributed by atoms with Crippen molar-refractivity contribution < 1.29 is 14.5 Å². The summed E-state index contributed by atoms with van der Waals surface area (Å²) in [7, 11) is 1.96. The summed E-state index contributed by atoms with van der Waals surface area (Å²) in [6.45, 7) is 6.18. The van der Waals surface area contributed by atoms with E-state index in [1.54, 1.807) is 0 Å². The van der Waals surface area contributed by atoms with E-state index in [9.17, 15) is 9.90 Å². The normalized spacial score (nSPS) is 13.4. The van der Waals surface area contributed by atoms with Crippen LogP contribution in [0.2, 0.25) is 0 Å². The molecule has 1 amide bonds. The van der Waals surface area contributed by atoms with Gasteiger partial charge in [0.15, 0.2) is 17.6 Å². The Bertz CT molecular complexity index is 640. The molecule has 0 saturated heterocycles. The third-order valence-electron chi connectivity index (χ3n) is 3.76. The number of aliphatic hydroxyl groups is 1. The van der Waals surface area contributed by atoms with E-state index in [-0.39, 0.29) is 30.5 Å². The minimum absolute atomic E-state index is 0.0601. The minimum atomic E-state index is -0.249. The molecule has 5 heteroatoms. The summed E-state index contributed by atoms with van der Waals surface area (Å²) < 4.78 is 3.91. The van der Waals surface area contributed by atoms with Gasteiger partial charge in [-0.05, 0) is 17.5 Å². The quantitative estimate of drug-likeness (QED) is 0.825. The Morgan fingerprint density at radius 1 is 1.38 bits per heavy atom. The van der Waals surface area contributed by atoms with Crippen LogP contribution in [0.5, 0.6) is 0 Å². The predicted molar refractivity (Wildman–Crippen MR) is 81.6 cm³/mol. The molecule has 0 saturated carbocycles. The fourth-order valence-electron chi connectivity index (χ4n) is 2.40. The molecule has 5 nitrogen and oxygen atoms in total.